The number of oxazole rings is 1. The maximum absolute atomic E-state index is 13.0. The zero-order chi connectivity index (χ0) is 17.1. The van der Waals surface area contributed by atoms with E-state index in [4.69, 9.17) is 9.15 Å². The number of fused-ring (bicyclic) bond motifs is 1. The highest BCUT2D eigenvalue weighted by molar-refractivity contribution is 5.52. The molecule has 1 N–H and O–H groups in total. The van der Waals surface area contributed by atoms with Crippen LogP contribution in [0.3, 0.4) is 0 Å². The van der Waals surface area contributed by atoms with E-state index in [0.29, 0.717) is 5.89 Å². The number of nitrogens with zero attached hydrogens (tertiary/aromatic N) is 1. The van der Waals surface area contributed by atoms with Crippen molar-refractivity contribution >= 4 is 0 Å². The predicted molar refractivity (Wildman–Crippen MR) is 92.9 cm³/mol. The molecule has 0 bridgehead atoms. The molecule has 0 aliphatic carbocycles. The fourth-order valence-corrected chi connectivity index (χ4v) is 2.95. The van der Waals surface area contributed by atoms with E-state index in [2.05, 4.69) is 22.4 Å². The lowest BCUT2D eigenvalue weighted by atomic mass is 10.1. The van der Waals surface area contributed by atoms with Crippen LogP contribution in [0.2, 0.25) is 0 Å². The van der Waals surface area contributed by atoms with Crippen LogP contribution in [0.4, 0.5) is 4.39 Å². The average Bonchev–Trinajstić information content (AvgIpc) is 3.28. The molecule has 0 spiro atoms. The standard InChI is InChI=1S/C20H19FN2O2/c21-17-4-2-15(3-5-17)20-23-18(13-25-20)7-9-22-12-14-1-6-19-16(11-14)8-10-24-19/h1-6,11,13,22H,7-10,12H2. The van der Waals surface area contributed by atoms with Gasteiger partial charge in [0.1, 0.15) is 17.8 Å². The van der Waals surface area contributed by atoms with Gasteiger partial charge in [0.15, 0.2) is 0 Å². The maximum Gasteiger partial charge on any atom is 0.226 e. The van der Waals surface area contributed by atoms with E-state index in [9.17, 15) is 4.39 Å². The Balaban J connectivity index is 1.28. The van der Waals surface area contributed by atoms with Crippen LogP contribution in [0.1, 0.15) is 16.8 Å². The molecule has 2 aromatic carbocycles. The van der Waals surface area contributed by atoms with Crippen molar-refractivity contribution in [2.75, 3.05) is 13.2 Å². The van der Waals surface area contributed by atoms with Crippen LogP contribution in [0.25, 0.3) is 11.5 Å². The summed E-state index contributed by atoms with van der Waals surface area (Å²) in [5.41, 5.74) is 4.21. The molecule has 4 nitrogen and oxygen atoms in total. The van der Waals surface area contributed by atoms with Crippen molar-refractivity contribution < 1.29 is 13.5 Å². The Morgan fingerprint density at radius 2 is 2.00 bits per heavy atom. The second-order valence-corrected chi connectivity index (χ2v) is 6.12. The van der Waals surface area contributed by atoms with Crippen molar-refractivity contribution in [2.24, 2.45) is 0 Å². The Labute approximate surface area is 145 Å². The molecule has 1 aromatic heterocycles. The molecule has 0 atom stereocenters. The summed E-state index contributed by atoms with van der Waals surface area (Å²) in [5, 5.41) is 3.43. The molecule has 0 radical (unpaired) electrons. The van der Waals surface area contributed by atoms with Gasteiger partial charge >= 0.3 is 0 Å². The quantitative estimate of drug-likeness (QED) is 0.696. The molecule has 4 rings (SSSR count). The molecule has 0 fully saturated rings. The highest BCUT2D eigenvalue weighted by atomic mass is 19.1. The van der Waals surface area contributed by atoms with Gasteiger partial charge in [0.05, 0.1) is 12.3 Å². The molecule has 0 saturated heterocycles. The fourth-order valence-electron chi connectivity index (χ4n) is 2.95. The van der Waals surface area contributed by atoms with Crippen LogP contribution in [0, 0.1) is 5.82 Å². The van der Waals surface area contributed by atoms with Gasteiger partial charge in [-0.2, -0.15) is 0 Å². The Kier molecular flexibility index (Phi) is 4.48. The van der Waals surface area contributed by atoms with Gasteiger partial charge in [0, 0.05) is 31.5 Å². The van der Waals surface area contributed by atoms with Gasteiger partial charge < -0.3 is 14.5 Å². The first-order valence-corrected chi connectivity index (χ1v) is 8.43. The molecule has 3 aromatic rings. The smallest absolute Gasteiger partial charge is 0.226 e. The molecule has 25 heavy (non-hydrogen) atoms. The first-order chi connectivity index (χ1) is 12.3. The first kappa shape index (κ1) is 15.8. The number of hydrogen-bond donors (Lipinski definition) is 1. The van der Waals surface area contributed by atoms with Crippen LogP contribution in [0.15, 0.2) is 53.1 Å². The summed E-state index contributed by atoms with van der Waals surface area (Å²) in [6, 6.07) is 12.5. The monoisotopic (exact) mass is 338 g/mol. The number of rotatable bonds is 6. The lowest BCUT2D eigenvalue weighted by Crippen LogP contribution is -2.16. The summed E-state index contributed by atoms with van der Waals surface area (Å²) in [4.78, 5) is 4.46. The van der Waals surface area contributed by atoms with Gasteiger partial charge in [-0.3, -0.25) is 0 Å². The molecule has 1 aliphatic heterocycles. The molecule has 0 saturated carbocycles. The van der Waals surface area contributed by atoms with E-state index < -0.39 is 0 Å². The SMILES string of the molecule is Fc1ccc(-c2nc(CCNCc3ccc4c(c3)CCO4)co2)cc1. The van der Waals surface area contributed by atoms with Crippen LogP contribution in [-0.2, 0) is 19.4 Å². The van der Waals surface area contributed by atoms with E-state index in [0.717, 1.165) is 49.5 Å². The van der Waals surface area contributed by atoms with Gasteiger partial charge in [-0.15, -0.1) is 0 Å². The van der Waals surface area contributed by atoms with Gasteiger partial charge in [0.25, 0.3) is 0 Å². The van der Waals surface area contributed by atoms with Crippen molar-refractivity contribution in [1.29, 1.82) is 0 Å². The Hall–Kier alpha value is -2.66. The molecule has 5 heteroatoms. The topological polar surface area (TPSA) is 47.3 Å². The number of ether oxygens (including phenoxy) is 1. The summed E-state index contributed by atoms with van der Waals surface area (Å²) in [5.74, 6) is 1.27. The van der Waals surface area contributed by atoms with E-state index in [1.54, 1.807) is 18.4 Å². The third-order valence-corrected chi connectivity index (χ3v) is 4.28. The van der Waals surface area contributed by atoms with Crippen molar-refractivity contribution in [3.8, 4) is 17.2 Å². The van der Waals surface area contributed by atoms with Crippen molar-refractivity contribution in [3.63, 3.8) is 0 Å². The lowest BCUT2D eigenvalue weighted by molar-refractivity contribution is 0.357. The number of hydrogen-bond acceptors (Lipinski definition) is 4. The summed E-state index contributed by atoms with van der Waals surface area (Å²) < 4.78 is 24.0. The molecule has 128 valence electrons. The Morgan fingerprint density at radius 1 is 1.12 bits per heavy atom. The zero-order valence-electron chi connectivity index (χ0n) is 13.8. The van der Waals surface area contributed by atoms with Crippen LogP contribution in [-0.4, -0.2) is 18.1 Å². The summed E-state index contributed by atoms with van der Waals surface area (Å²) in [6.07, 6.45) is 3.43. The minimum Gasteiger partial charge on any atom is -0.493 e. The van der Waals surface area contributed by atoms with Crippen molar-refractivity contribution in [3.05, 3.63) is 71.4 Å². The van der Waals surface area contributed by atoms with Crippen molar-refractivity contribution in [2.45, 2.75) is 19.4 Å². The van der Waals surface area contributed by atoms with Gasteiger partial charge in [-0.05, 0) is 41.5 Å². The molecule has 2 heterocycles. The third-order valence-electron chi connectivity index (χ3n) is 4.28. The van der Waals surface area contributed by atoms with E-state index in [-0.39, 0.29) is 5.82 Å². The van der Waals surface area contributed by atoms with Crippen molar-refractivity contribution in [1.82, 2.24) is 10.3 Å². The summed E-state index contributed by atoms with van der Waals surface area (Å²) >= 11 is 0. The Morgan fingerprint density at radius 3 is 2.88 bits per heavy atom. The average molecular weight is 338 g/mol. The van der Waals surface area contributed by atoms with Gasteiger partial charge in [-0.1, -0.05) is 12.1 Å². The number of halogens is 1. The third kappa shape index (κ3) is 3.72. The van der Waals surface area contributed by atoms with E-state index >= 15 is 0 Å². The maximum atomic E-state index is 13.0. The number of nitrogens with one attached hydrogen (secondary N) is 1. The molecular weight excluding hydrogens is 319 g/mol. The van der Waals surface area contributed by atoms with Crippen LogP contribution < -0.4 is 10.1 Å². The Bertz CT molecular complexity index is 858. The number of aromatic nitrogens is 1. The van der Waals surface area contributed by atoms with Gasteiger partial charge in [-0.25, -0.2) is 9.37 Å². The first-order valence-electron chi connectivity index (χ1n) is 8.43. The zero-order valence-corrected chi connectivity index (χ0v) is 13.8. The van der Waals surface area contributed by atoms with E-state index in [1.807, 2.05) is 6.07 Å². The number of benzene rings is 2. The van der Waals surface area contributed by atoms with Gasteiger partial charge in [0.2, 0.25) is 5.89 Å². The second-order valence-electron chi connectivity index (χ2n) is 6.12. The lowest BCUT2D eigenvalue weighted by Gasteiger charge is -2.05. The van der Waals surface area contributed by atoms with E-state index in [1.165, 1.54) is 23.3 Å². The summed E-state index contributed by atoms with van der Waals surface area (Å²) in [6.45, 7) is 2.41. The van der Waals surface area contributed by atoms with Crippen LogP contribution in [0.5, 0.6) is 5.75 Å². The minimum absolute atomic E-state index is 0.266. The highest BCUT2D eigenvalue weighted by Gasteiger charge is 2.12. The fraction of sp³-hybridized carbons (Fsp3) is 0.250. The highest BCUT2D eigenvalue weighted by Crippen LogP contribution is 2.25. The summed E-state index contributed by atoms with van der Waals surface area (Å²) in [7, 11) is 0. The largest absolute Gasteiger partial charge is 0.493 e. The predicted octanol–water partition coefficient (Wildman–Crippen LogP) is 3.75. The van der Waals surface area contributed by atoms with Crippen LogP contribution >= 0.6 is 0 Å². The molecule has 1 aliphatic rings. The molecular formula is C20H19FN2O2. The second kappa shape index (κ2) is 7.07. The molecule has 0 unspecified atom stereocenters. The normalized spacial score (nSPS) is 12.8. The molecule has 0 amide bonds. The minimum atomic E-state index is -0.266.